The van der Waals surface area contributed by atoms with Crippen molar-refractivity contribution in [3.63, 3.8) is 0 Å². The van der Waals surface area contributed by atoms with E-state index in [9.17, 15) is 20.1 Å². The number of aryl methyl sites for hydroxylation is 4. The van der Waals surface area contributed by atoms with E-state index in [0.29, 0.717) is 61.1 Å². The van der Waals surface area contributed by atoms with Crippen molar-refractivity contribution in [1.82, 2.24) is 48.8 Å². The molecule has 8 aromatic rings. The van der Waals surface area contributed by atoms with Gasteiger partial charge in [0.05, 0.1) is 84.3 Å². The van der Waals surface area contributed by atoms with Crippen molar-refractivity contribution in [3.8, 4) is 11.5 Å². The maximum absolute atomic E-state index is 11.3. The molecule has 2 fully saturated rings. The number of aliphatic hydroxyl groups excluding tert-OH is 2. The van der Waals surface area contributed by atoms with E-state index >= 15 is 0 Å². The maximum atomic E-state index is 11.3. The number of aldehydes is 1. The Morgan fingerprint density at radius 3 is 1.62 bits per heavy atom. The number of aromatic nitrogens is 8. The van der Waals surface area contributed by atoms with Gasteiger partial charge in [-0.05, 0) is 137 Å². The Kier molecular flexibility index (Phi) is 25.8. The van der Waals surface area contributed by atoms with Crippen LogP contribution >= 0.6 is 0 Å². The first-order valence-corrected chi connectivity index (χ1v) is 28.1. The fourth-order valence-corrected chi connectivity index (χ4v) is 9.66. The van der Waals surface area contributed by atoms with E-state index in [1.807, 2.05) is 68.8 Å². The molecule has 0 saturated carbocycles. The van der Waals surface area contributed by atoms with Crippen LogP contribution < -0.4 is 21.7 Å². The number of aromatic hydroxyl groups is 2. The topological polar surface area (TPSA) is 295 Å². The summed E-state index contributed by atoms with van der Waals surface area (Å²) in [5.74, 6) is 1.79. The number of rotatable bonds is 22. The second-order valence-corrected chi connectivity index (χ2v) is 20.4. The third-order valence-electron chi connectivity index (χ3n) is 14.0. The Balaban J connectivity index is 0.000000226. The van der Waals surface area contributed by atoms with E-state index in [0.717, 1.165) is 171 Å². The molecular weight excluding hydrogens is 1070 g/mol. The molecule has 10 rings (SSSR count). The Morgan fingerprint density at radius 1 is 0.619 bits per heavy atom. The predicted octanol–water partition coefficient (Wildman–Crippen LogP) is 6.30. The number of aliphatic hydroxyl groups is 2. The number of nitrogen functional groups attached to an aromatic ring is 1. The average Bonchev–Trinajstić information content (AvgIpc) is 3.57. The highest BCUT2D eigenvalue weighted by atomic mass is 16.5. The predicted molar refractivity (Wildman–Crippen MR) is 333 cm³/mol. The van der Waals surface area contributed by atoms with Crippen molar-refractivity contribution in [3.05, 3.63) is 147 Å². The van der Waals surface area contributed by atoms with Crippen LogP contribution in [-0.2, 0) is 41.9 Å². The third-order valence-corrected chi connectivity index (χ3v) is 14.0. The molecule has 2 aromatic carbocycles. The first-order valence-electron chi connectivity index (χ1n) is 28.1. The number of imidazole rings is 2. The number of benzene rings is 2. The van der Waals surface area contributed by atoms with Crippen LogP contribution in [0.4, 0.5) is 23.3 Å². The van der Waals surface area contributed by atoms with Crippen molar-refractivity contribution in [2.75, 3.05) is 114 Å². The number of nitrogens with two attached hydrogens (primary N) is 1. The molecule has 6 aromatic heterocycles. The van der Waals surface area contributed by atoms with Gasteiger partial charge in [-0.2, -0.15) is 0 Å². The van der Waals surface area contributed by atoms with E-state index in [4.69, 9.17) is 35.7 Å². The molecule has 9 N–H and O–H groups in total. The standard InChI is InChI=1S/C30H39N7O3.C22H27N5O3.C8H12N2O.CH2N.B/c1-21-16-26(24(8-13-38)32-18-21)33-19-23-5-6-25-28(17-23)37(20-27-29(39)7-4-22(2)34-27)30(35-25)31-9-3-10-36-11-14-40-15-12-36;1-16-3-6-21(29)19(24-16)14-27-20-13-17(15-28)4-5-18(20)25-22(27)23-7-2-8-26-9-11-30-12-10-26;1-6-4-7(9)8(2-3-11)10-5-6;1-2;/h4-7,16-18,33,38-39H,3,8-15,19-20H2,1-2H3,(H,31,35);3-6,13,15,29H,2,7-12,14H2,1H3,(H,23,25);4-5,11H,2-3,9H2,1H3;1H2;/q;;;-1;. The number of carbonyl (C=O) groups is 1. The molecule has 0 atom stereocenters. The zero-order valence-corrected chi connectivity index (χ0v) is 48.8. The fourth-order valence-electron chi connectivity index (χ4n) is 9.66. The molecule has 22 nitrogen and oxygen atoms in total. The molecule has 2 aliphatic heterocycles. The number of nitrogens with zero attached hydrogens (tertiary/aromatic N) is 11. The summed E-state index contributed by atoms with van der Waals surface area (Å²) < 4.78 is 14.9. The van der Waals surface area contributed by atoms with E-state index in [1.165, 1.54) is 0 Å². The highest BCUT2D eigenvalue weighted by molar-refractivity contribution is 5.86. The van der Waals surface area contributed by atoms with Crippen molar-refractivity contribution in [2.45, 2.75) is 73.0 Å². The summed E-state index contributed by atoms with van der Waals surface area (Å²) in [6.45, 7) is 22.2. The number of nitrogens with one attached hydrogen (secondary N) is 3. The molecule has 445 valence electrons. The second-order valence-electron chi connectivity index (χ2n) is 20.4. The summed E-state index contributed by atoms with van der Waals surface area (Å²) in [4.78, 5) is 43.4. The molecule has 0 bridgehead atoms. The molecule has 0 unspecified atom stereocenters. The number of carbonyl (C=O) groups excluding carboxylic acids is 1. The lowest BCUT2D eigenvalue weighted by Gasteiger charge is -2.26. The fraction of sp³-hybridized carbons (Fsp3) is 0.410. The lowest BCUT2D eigenvalue weighted by atomic mass is 10.1. The lowest BCUT2D eigenvalue weighted by Crippen LogP contribution is -2.37. The van der Waals surface area contributed by atoms with E-state index in [-0.39, 0.29) is 33.1 Å². The first-order chi connectivity index (χ1) is 40.4. The molecule has 3 radical (unpaired) electrons. The number of hydrogen-bond donors (Lipinski definition) is 8. The van der Waals surface area contributed by atoms with Gasteiger partial charge in [0.2, 0.25) is 11.9 Å². The van der Waals surface area contributed by atoms with Gasteiger partial charge >= 0.3 is 0 Å². The van der Waals surface area contributed by atoms with E-state index in [1.54, 1.807) is 30.5 Å². The summed E-state index contributed by atoms with van der Waals surface area (Å²) in [5.41, 5.74) is 19.0. The molecule has 8 heterocycles. The van der Waals surface area contributed by atoms with Crippen LogP contribution in [0, 0.1) is 27.7 Å². The molecule has 23 heteroatoms. The summed E-state index contributed by atoms with van der Waals surface area (Å²) >= 11 is 0. The minimum absolute atomic E-state index is 0. The van der Waals surface area contributed by atoms with Gasteiger partial charge in [0.15, 0.2) is 0 Å². The van der Waals surface area contributed by atoms with Crippen molar-refractivity contribution in [2.24, 2.45) is 0 Å². The summed E-state index contributed by atoms with van der Waals surface area (Å²) in [5, 5.41) is 56.1. The van der Waals surface area contributed by atoms with Crippen LogP contribution in [0.3, 0.4) is 0 Å². The van der Waals surface area contributed by atoms with Gasteiger partial charge in [-0.1, -0.05) is 6.07 Å². The molecule has 0 spiro atoms. The van der Waals surface area contributed by atoms with Crippen LogP contribution in [0.25, 0.3) is 27.5 Å². The average molecular weight is 1150 g/mol. The van der Waals surface area contributed by atoms with Gasteiger partial charge in [0, 0.05) is 110 Å². The molecule has 2 aliphatic rings. The maximum Gasteiger partial charge on any atom is 0.204 e. The Morgan fingerprint density at radius 2 is 1.11 bits per heavy atom. The normalized spacial score (nSPS) is 13.4. The van der Waals surface area contributed by atoms with Crippen LogP contribution in [0.15, 0.2) is 85.2 Å². The second kappa shape index (κ2) is 33.3. The Bertz CT molecular complexity index is 3350. The molecule has 0 amide bonds. The highest BCUT2D eigenvalue weighted by Crippen LogP contribution is 2.28. The molecular formula is C61H80BN15O7-. The Hall–Kier alpha value is -8.06. The van der Waals surface area contributed by atoms with Gasteiger partial charge in [0.1, 0.15) is 29.2 Å². The molecule has 2 saturated heterocycles. The van der Waals surface area contributed by atoms with Crippen LogP contribution in [-0.4, -0.2) is 183 Å². The van der Waals surface area contributed by atoms with Gasteiger partial charge in [0.25, 0.3) is 0 Å². The van der Waals surface area contributed by atoms with Crippen LogP contribution in [0.2, 0.25) is 0 Å². The zero-order chi connectivity index (χ0) is 59.1. The number of pyridine rings is 4. The number of anilines is 4. The van der Waals surface area contributed by atoms with Gasteiger partial charge < -0.3 is 66.1 Å². The van der Waals surface area contributed by atoms with E-state index < -0.39 is 0 Å². The van der Waals surface area contributed by atoms with Crippen LogP contribution in [0.1, 0.15) is 74.1 Å². The summed E-state index contributed by atoms with van der Waals surface area (Å²) in [6, 6.07) is 22.5. The largest absolute Gasteiger partial charge is 0.817 e. The minimum atomic E-state index is 0. The highest BCUT2D eigenvalue weighted by Gasteiger charge is 2.18. The number of ether oxygens (including phenoxy) is 2. The molecule has 0 aliphatic carbocycles. The van der Waals surface area contributed by atoms with Crippen molar-refractivity contribution in [1.29, 1.82) is 0 Å². The molecule has 84 heavy (non-hydrogen) atoms. The SMILES string of the molecule is C=[N-].Cc1ccc(O)c(Cn2c(NCCCN3CCOCC3)nc3ccc(C=O)cc32)n1.Cc1cnc(CCO)c(N)c1.Cc1cnc(CCO)c(NCc2ccc3nc(NCCCN4CCOCC4)n(Cc4nc(C)ccc4O)c3c2)c1.[B]. The monoisotopic (exact) mass is 1150 g/mol. The van der Waals surface area contributed by atoms with Gasteiger partial charge in [-0.3, -0.25) is 34.5 Å². The van der Waals surface area contributed by atoms with E-state index in [2.05, 4.69) is 75.2 Å². The number of morpholine rings is 2. The first kappa shape index (κ1) is 65.1. The summed E-state index contributed by atoms with van der Waals surface area (Å²) in [7, 11) is 0. The third kappa shape index (κ3) is 18.7. The smallest absolute Gasteiger partial charge is 0.204 e. The number of fused-ring (bicyclic) bond motifs is 2. The number of hydrogen-bond acceptors (Lipinski definition) is 19. The van der Waals surface area contributed by atoms with Gasteiger partial charge in [-0.25, -0.2) is 16.7 Å². The van der Waals surface area contributed by atoms with Crippen LogP contribution in [0.5, 0.6) is 11.5 Å². The Labute approximate surface area is 493 Å². The quantitative estimate of drug-likeness (QED) is 0.0160. The zero-order valence-electron chi connectivity index (χ0n) is 48.8. The minimum Gasteiger partial charge on any atom is -0.817 e. The van der Waals surface area contributed by atoms with Crippen molar-refractivity contribution < 1.29 is 34.7 Å². The summed E-state index contributed by atoms with van der Waals surface area (Å²) in [6.07, 6.45) is 7.42. The van der Waals surface area contributed by atoms with Gasteiger partial charge in [-0.15, -0.1) is 0 Å². The lowest BCUT2D eigenvalue weighted by molar-refractivity contribution is 0.0378. The van der Waals surface area contributed by atoms with Crippen molar-refractivity contribution >= 4 is 66.8 Å².